The lowest BCUT2D eigenvalue weighted by Gasteiger charge is -2.30. The molecule has 1 aliphatic rings. The maximum atomic E-state index is 6.47. The van der Waals surface area contributed by atoms with Gasteiger partial charge < -0.3 is 25.0 Å². The topological polar surface area (TPSA) is 88.8 Å². The van der Waals surface area contributed by atoms with E-state index in [-0.39, 0.29) is 0 Å². The van der Waals surface area contributed by atoms with Crippen LogP contribution in [0.5, 0.6) is 11.5 Å². The number of nitrogens with one attached hydrogen (secondary N) is 2. The molecule has 0 unspecified atom stereocenters. The predicted molar refractivity (Wildman–Crippen MR) is 129 cm³/mol. The van der Waals surface area contributed by atoms with E-state index in [1.165, 1.54) is 0 Å². The predicted octanol–water partition coefficient (Wildman–Crippen LogP) is 3.62. The molecule has 1 aromatic carbocycles. The van der Waals surface area contributed by atoms with Gasteiger partial charge in [0.15, 0.2) is 0 Å². The molecule has 4 heterocycles. The minimum Gasteiger partial charge on any atom is -0.495 e. The van der Waals surface area contributed by atoms with Crippen LogP contribution in [0.4, 0.5) is 17.3 Å². The maximum absolute atomic E-state index is 6.47. The van der Waals surface area contributed by atoms with Crippen molar-refractivity contribution in [3.63, 3.8) is 0 Å². The summed E-state index contributed by atoms with van der Waals surface area (Å²) in [6.45, 7) is 3.87. The standard InChI is InChI=1S/C23H24ClN7O2/c1-32-16-4-6-21-26-13-19(31(21)14-16)22-17(24)12-27-23(29-22)28-18-5-3-15(11-20(18)33-2)30-9-7-25-8-10-30/h3-6,11-14,25H,7-10H2,1-2H3,(H,27,28,29). The van der Waals surface area contributed by atoms with Gasteiger partial charge >= 0.3 is 0 Å². The Labute approximate surface area is 196 Å². The molecular weight excluding hydrogens is 442 g/mol. The molecule has 3 aromatic heterocycles. The van der Waals surface area contributed by atoms with Gasteiger partial charge in [0.1, 0.15) is 22.8 Å². The van der Waals surface area contributed by atoms with E-state index in [1.54, 1.807) is 26.6 Å². The van der Waals surface area contributed by atoms with Gasteiger partial charge in [-0.1, -0.05) is 11.6 Å². The summed E-state index contributed by atoms with van der Waals surface area (Å²) >= 11 is 6.47. The molecule has 33 heavy (non-hydrogen) atoms. The van der Waals surface area contributed by atoms with Gasteiger partial charge in [-0.05, 0) is 24.3 Å². The third kappa shape index (κ3) is 4.24. The number of nitrogens with zero attached hydrogens (tertiary/aromatic N) is 5. The van der Waals surface area contributed by atoms with Crippen molar-refractivity contribution in [2.75, 3.05) is 50.6 Å². The first-order valence-corrected chi connectivity index (χ1v) is 11.0. The van der Waals surface area contributed by atoms with E-state index >= 15 is 0 Å². The van der Waals surface area contributed by atoms with Gasteiger partial charge in [0, 0.05) is 37.9 Å². The number of methoxy groups -OCH3 is 2. The Hall–Kier alpha value is -3.56. The Kier molecular flexibility index (Phi) is 5.89. The fourth-order valence-corrected chi connectivity index (χ4v) is 4.08. The Morgan fingerprint density at radius 2 is 1.88 bits per heavy atom. The first-order valence-electron chi connectivity index (χ1n) is 10.6. The summed E-state index contributed by atoms with van der Waals surface area (Å²) in [7, 11) is 3.28. The van der Waals surface area contributed by atoms with Crippen molar-refractivity contribution in [3.8, 4) is 22.9 Å². The van der Waals surface area contributed by atoms with Crippen LogP contribution in [0.25, 0.3) is 17.0 Å². The zero-order chi connectivity index (χ0) is 22.8. The highest BCUT2D eigenvalue weighted by Crippen LogP contribution is 2.33. The monoisotopic (exact) mass is 465 g/mol. The molecule has 0 atom stereocenters. The highest BCUT2D eigenvalue weighted by Gasteiger charge is 2.16. The SMILES string of the molecule is COc1ccc2ncc(-c3nc(Nc4ccc(N5CCNCC5)cc4OC)ncc3Cl)n2c1. The lowest BCUT2D eigenvalue weighted by Crippen LogP contribution is -2.43. The fourth-order valence-electron chi connectivity index (χ4n) is 3.89. The van der Waals surface area contributed by atoms with Crippen molar-refractivity contribution >= 4 is 34.6 Å². The third-order valence-electron chi connectivity index (χ3n) is 5.61. The Bertz CT molecular complexity index is 1290. The molecule has 0 amide bonds. The van der Waals surface area contributed by atoms with Gasteiger partial charge in [-0.2, -0.15) is 0 Å². The third-order valence-corrected chi connectivity index (χ3v) is 5.89. The summed E-state index contributed by atoms with van der Waals surface area (Å²) in [4.78, 5) is 15.8. The van der Waals surface area contributed by atoms with Crippen LogP contribution in [0.15, 0.2) is 48.9 Å². The molecule has 170 valence electrons. The minimum absolute atomic E-state index is 0.403. The second-order valence-corrected chi connectivity index (χ2v) is 7.98. The molecule has 0 radical (unpaired) electrons. The van der Waals surface area contributed by atoms with Crippen LogP contribution in [0.2, 0.25) is 5.02 Å². The quantitative estimate of drug-likeness (QED) is 0.446. The van der Waals surface area contributed by atoms with Crippen LogP contribution < -0.4 is 25.0 Å². The second kappa shape index (κ2) is 9.13. The van der Waals surface area contributed by atoms with Crippen LogP contribution in [0.3, 0.4) is 0 Å². The van der Waals surface area contributed by atoms with Gasteiger partial charge in [-0.25, -0.2) is 15.0 Å². The second-order valence-electron chi connectivity index (χ2n) is 7.58. The minimum atomic E-state index is 0.403. The lowest BCUT2D eigenvalue weighted by atomic mass is 10.2. The number of hydrogen-bond donors (Lipinski definition) is 2. The van der Waals surface area contributed by atoms with Crippen LogP contribution in [-0.4, -0.2) is 59.8 Å². The van der Waals surface area contributed by atoms with E-state index in [4.69, 9.17) is 21.1 Å². The first kappa shape index (κ1) is 21.3. The number of hydrogen-bond acceptors (Lipinski definition) is 8. The van der Waals surface area contributed by atoms with E-state index in [0.29, 0.717) is 28.2 Å². The number of piperazine rings is 1. The number of rotatable bonds is 6. The molecule has 9 nitrogen and oxygen atoms in total. The molecule has 1 aliphatic heterocycles. The average Bonchev–Trinajstić information content (AvgIpc) is 3.29. The van der Waals surface area contributed by atoms with Crippen molar-refractivity contribution in [3.05, 3.63) is 53.9 Å². The highest BCUT2D eigenvalue weighted by molar-refractivity contribution is 6.32. The fraction of sp³-hybridized carbons (Fsp3) is 0.261. The number of fused-ring (bicyclic) bond motifs is 1. The van der Waals surface area contributed by atoms with E-state index in [2.05, 4.69) is 36.6 Å². The van der Waals surface area contributed by atoms with Crippen molar-refractivity contribution in [1.82, 2.24) is 24.7 Å². The summed E-state index contributed by atoms with van der Waals surface area (Å²) in [5, 5.41) is 7.06. The maximum Gasteiger partial charge on any atom is 0.227 e. The van der Waals surface area contributed by atoms with Gasteiger partial charge in [0.2, 0.25) is 5.95 Å². The van der Waals surface area contributed by atoms with Gasteiger partial charge in [0.05, 0.1) is 49.2 Å². The van der Waals surface area contributed by atoms with Crippen molar-refractivity contribution < 1.29 is 9.47 Å². The van der Waals surface area contributed by atoms with E-state index in [9.17, 15) is 0 Å². The summed E-state index contributed by atoms with van der Waals surface area (Å²) in [6, 6.07) is 9.82. The summed E-state index contributed by atoms with van der Waals surface area (Å²) in [5.41, 5.74) is 3.95. The zero-order valence-corrected chi connectivity index (χ0v) is 19.1. The van der Waals surface area contributed by atoms with Crippen LogP contribution in [-0.2, 0) is 0 Å². The molecule has 4 aromatic rings. The number of pyridine rings is 1. The van der Waals surface area contributed by atoms with Crippen molar-refractivity contribution in [2.24, 2.45) is 0 Å². The molecule has 1 fully saturated rings. The number of benzene rings is 1. The van der Waals surface area contributed by atoms with E-state index in [1.807, 2.05) is 34.9 Å². The number of anilines is 3. The zero-order valence-electron chi connectivity index (χ0n) is 18.4. The molecule has 0 spiro atoms. The van der Waals surface area contributed by atoms with Crippen molar-refractivity contribution in [2.45, 2.75) is 0 Å². The molecule has 1 saturated heterocycles. The molecule has 0 aliphatic carbocycles. The lowest BCUT2D eigenvalue weighted by molar-refractivity contribution is 0.412. The van der Waals surface area contributed by atoms with Gasteiger partial charge in [0.25, 0.3) is 0 Å². The number of halogens is 1. The number of aromatic nitrogens is 4. The highest BCUT2D eigenvalue weighted by atomic mass is 35.5. The molecule has 10 heteroatoms. The molecule has 0 saturated carbocycles. The molecule has 0 bridgehead atoms. The van der Waals surface area contributed by atoms with Crippen LogP contribution in [0, 0.1) is 0 Å². The van der Waals surface area contributed by atoms with E-state index < -0.39 is 0 Å². The molecular formula is C23H24ClN7O2. The summed E-state index contributed by atoms with van der Waals surface area (Å²) in [5.74, 6) is 1.82. The number of imidazole rings is 1. The Morgan fingerprint density at radius 1 is 1.03 bits per heavy atom. The number of ether oxygens (including phenoxy) is 2. The van der Waals surface area contributed by atoms with Gasteiger partial charge in [-0.3, -0.25) is 4.40 Å². The van der Waals surface area contributed by atoms with Gasteiger partial charge in [-0.15, -0.1) is 0 Å². The van der Waals surface area contributed by atoms with Crippen LogP contribution in [0.1, 0.15) is 0 Å². The molecule has 5 rings (SSSR count). The Morgan fingerprint density at radius 3 is 2.67 bits per heavy atom. The molecule has 2 N–H and O–H groups in total. The van der Waals surface area contributed by atoms with Crippen LogP contribution >= 0.6 is 11.6 Å². The summed E-state index contributed by atoms with van der Waals surface area (Å²) < 4.78 is 12.9. The normalized spacial score (nSPS) is 13.8. The van der Waals surface area contributed by atoms with E-state index in [0.717, 1.165) is 48.9 Å². The average molecular weight is 466 g/mol. The first-order chi connectivity index (χ1) is 16.2. The Balaban J connectivity index is 1.46. The summed E-state index contributed by atoms with van der Waals surface area (Å²) in [6.07, 6.45) is 5.16. The van der Waals surface area contributed by atoms with Crippen molar-refractivity contribution in [1.29, 1.82) is 0 Å². The largest absolute Gasteiger partial charge is 0.495 e. The smallest absolute Gasteiger partial charge is 0.227 e.